The summed E-state index contributed by atoms with van der Waals surface area (Å²) in [6, 6.07) is 1.64. The zero-order valence-corrected chi connectivity index (χ0v) is 14.5. The van der Waals surface area contributed by atoms with Gasteiger partial charge in [-0.25, -0.2) is 0 Å². The molecule has 7 heteroatoms. The maximum atomic E-state index is 12.8. The Hall–Kier alpha value is -1.66. The number of nitrogens with zero attached hydrogens (tertiary/aromatic N) is 2. The lowest BCUT2D eigenvalue weighted by atomic mass is 9.44. The van der Waals surface area contributed by atoms with Crippen molar-refractivity contribution in [3.63, 3.8) is 0 Å². The molecule has 3 saturated carbocycles. The molecular weight excluding hydrogens is 342 g/mol. The summed E-state index contributed by atoms with van der Waals surface area (Å²) in [4.78, 5) is 31.4. The lowest BCUT2D eigenvalue weighted by Gasteiger charge is -2.61. The van der Waals surface area contributed by atoms with Crippen LogP contribution in [0.15, 0.2) is 18.5 Å². The molecule has 6 nitrogen and oxygen atoms in total. The number of hydrogen-bond donors (Lipinski definition) is 1. The van der Waals surface area contributed by atoms with Crippen molar-refractivity contribution >= 4 is 29.1 Å². The molecule has 6 rings (SSSR count). The van der Waals surface area contributed by atoms with Crippen molar-refractivity contribution < 1.29 is 14.3 Å². The molecule has 1 aromatic rings. The molecule has 2 amide bonds. The summed E-state index contributed by atoms with van der Waals surface area (Å²) in [6.07, 6.45) is 6.27. The number of halogens is 1. The maximum Gasteiger partial charge on any atom is 0.230 e. The summed E-state index contributed by atoms with van der Waals surface area (Å²) >= 11 is 6.09. The Morgan fingerprint density at radius 3 is 2.80 bits per heavy atom. The van der Waals surface area contributed by atoms with Crippen LogP contribution in [0.3, 0.4) is 0 Å². The van der Waals surface area contributed by atoms with E-state index >= 15 is 0 Å². The third kappa shape index (κ3) is 2.30. The molecule has 2 bridgehead atoms. The highest BCUT2D eigenvalue weighted by atomic mass is 35.5. The Bertz CT molecular complexity index is 738. The number of nitrogens with one attached hydrogen (secondary N) is 1. The van der Waals surface area contributed by atoms with E-state index in [4.69, 9.17) is 16.3 Å². The number of amides is 2. The van der Waals surface area contributed by atoms with E-state index in [-0.39, 0.29) is 35.2 Å². The van der Waals surface area contributed by atoms with Crippen LogP contribution in [0, 0.1) is 23.2 Å². The monoisotopic (exact) mass is 361 g/mol. The summed E-state index contributed by atoms with van der Waals surface area (Å²) in [7, 11) is 0. The second kappa shape index (κ2) is 5.42. The SMILES string of the molecule is O=C(Nc1cnccc1Cl)[C@@H]1CO[C@H]2CN(C(=O)C34CC(C3)C4)C[C@H]21. The number of fused-ring (bicyclic) bond motifs is 1. The van der Waals surface area contributed by atoms with Gasteiger partial charge in [-0.05, 0) is 31.2 Å². The number of carbonyl (C=O) groups is 2. The van der Waals surface area contributed by atoms with E-state index in [0.29, 0.717) is 30.4 Å². The van der Waals surface area contributed by atoms with Crippen LogP contribution in [-0.4, -0.2) is 47.5 Å². The van der Waals surface area contributed by atoms with Crippen molar-refractivity contribution in [2.24, 2.45) is 23.2 Å². The summed E-state index contributed by atoms with van der Waals surface area (Å²) in [6.45, 7) is 1.64. The molecule has 3 heterocycles. The first-order valence-corrected chi connectivity index (χ1v) is 9.25. The van der Waals surface area contributed by atoms with Crippen molar-refractivity contribution in [3.8, 4) is 0 Å². The largest absolute Gasteiger partial charge is 0.375 e. The highest BCUT2D eigenvalue weighted by molar-refractivity contribution is 6.33. The molecule has 0 radical (unpaired) electrons. The van der Waals surface area contributed by atoms with Gasteiger partial charge >= 0.3 is 0 Å². The van der Waals surface area contributed by atoms with Gasteiger partial charge in [-0.1, -0.05) is 11.6 Å². The summed E-state index contributed by atoms with van der Waals surface area (Å²) in [5.74, 6) is 0.758. The van der Waals surface area contributed by atoms with Gasteiger partial charge in [-0.3, -0.25) is 14.6 Å². The molecule has 3 aliphatic carbocycles. The minimum absolute atomic E-state index is 0.0311. The van der Waals surface area contributed by atoms with Crippen LogP contribution in [-0.2, 0) is 14.3 Å². The fraction of sp³-hybridized carbons (Fsp3) is 0.611. The van der Waals surface area contributed by atoms with Crippen molar-refractivity contribution in [2.45, 2.75) is 25.4 Å². The second-order valence-corrected chi connectivity index (χ2v) is 8.36. The van der Waals surface area contributed by atoms with E-state index in [1.807, 2.05) is 4.90 Å². The van der Waals surface area contributed by atoms with Crippen molar-refractivity contribution in [2.75, 3.05) is 25.0 Å². The Balaban J connectivity index is 1.26. The van der Waals surface area contributed by atoms with Gasteiger partial charge in [-0.15, -0.1) is 0 Å². The van der Waals surface area contributed by atoms with Crippen molar-refractivity contribution in [1.82, 2.24) is 9.88 Å². The molecule has 5 aliphatic rings. The Morgan fingerprint density at radius 2 is 2.12 bits per heavy atom. The van der Waals surface area contributed by atoms with Crippen LogP contribution in [0.2, 0.25) is 5.02 Å². The van der Waals surface area contributed by atoms with E-state index in [1.54, 1.807) is 18.5 Å². The topological polar surface area (TPSA) is 71.5 Å². The Kier molecular flexibility index (Phi) is 3.38. The molecule has 1 aromatic heterocycles. The zero-order valence-electron chi connectivity index (χ0n) is 13.8. The van der Waals surface area contributed by atoms with Crippen LogP contribution < -0.4 is 5.32 Å². The highest BCUT2D eigenvalue weighted by Crippen LogP contribution is 2.65. The normalized spacial score (nSPS) is 37.9. The minimum atomic E-state index is -0.257. The van der Waals surface area contributed by atoms with Crippen LogP contribution in [0.1, 0.15) is 19.3 Å². The predicted octanol–water partition coefficient (Wildman–Crippen LogP) is 1.95. The van der Waals surface area contributed by atoms with Gasteiger partial charge in [-0.2, -0.15) is 0 Å². The molecule has 3 atom stereocenters. The summed E-state index contributed by atoms with van der Waals surface area (Å²) in [5, 5.41) is 3.32. The molecule has 2 saturated heterocycles. The third-order valence-corrected chi connectivity index (χ3v) is 6.79. The minimum Gasteiger partial charge on any atom is -0.375 e. The first kappa shape index (κ1) is 15.6. The predicted molar refractivity (Wildman–Crippen MR) is 91.0 cm³/mol. The van der Waals surface area contributed by atoms with E-state index in [9.17, 15) is 9.59 Å². The molecule has 0 spiro atoms. The van der Waals surface area contributed by atoms with E-state index in [1.165, 1.54) is 0 Å². The molecule has 25 heavy (non-hydrogen) atoms. The van der Waals surface area contributed by atoms with Gasteiger partial charge in [0.1, 0.15) is 0 Å². The second-order valence-electron chi connectivity index (χ2n) is 7.96. The number of hydrogen-bond acceptors (Lipinski definition) is 4. The fourth-order valence-electron chi connectivity index (χ4n) is 4.92. The van der Waals surface area contributed by atoms with Crippen LogP contribution >= 0.6 is 11.6 Å². The molecule has 2 aliphatic heterocycles. The number of pyridine rings is 1. The van der Waals surface area contributed by atoms with E-state index in [2.05, 4.69) is 10.3 Å². The standard InChI is InChI=1S/C18H20ClN3O3/c19-13-1-2-20-6-14(13)21-16(23)12-9-25-15-8-22(7-11(12)15)17(24)18-3-10(4-18)5-18/h1-2,6,10-12,15H,3-5,7-9H2,(H,21,23)/t10?,11-,12+,15-,18?/m0/s1. The molecule has 0 unspecified atom stereocenters. The Morgan fingerprint density at radius 1 is 1.32 bits per heavy atom. The smallest absolute Gasteiger partial charge is 0.230 e. The number of anilines is 1. The fourth-order valence-corrected chi connectivity index (χ4v) is 5.07. The van der Waals surface area contributed by atoms with Gasteiger partial charge in [0.25, 0.3) is 0 Å². The number of ether oxygens (including phenoxy) is 1. The van der Waals surface area contributed by atoms with Crippen LogP contribution in [0.5, 0.6) is 0 Å². The number of aromatic nitrogens is 1. The van der Waals surface area contributed by atoms with E-state index in [0.717, 1.165) is 25.2 Å². The number of rotatable bonds is 3. The quantitative estimate of drug-likeness (QED) is 0.893. The Labute approximate surface area is 150 Å². The van der Waals surface area contributed by atoms with Crippen LogP contribution in [0.4, 0.5) is 5.69 Å². The molecular formula is C18H20ClN3O3. The zero-order chi connectivity index (χ0) is 17.2. The van der Waals surface area contributed by atoms with Gasteiger partial charge in [0.2, 0.25) is 11.8 Å². The summed E-state index contributed by atoms with van der Waals surface area (Å²) in [5.41, 5.74) is 0.446. The lowest BCUT2D eigenvalue weighted by molar-refractivity contribution is -0.176. The summed E-state index contributed by atoms with van der Waals surface area (Å²) < 4.78 is 5.83. The lowest BCUT2D eigenvalue weighted by Crippen LogP contribution is -2.61. The first-order chi connectivity index (χ1) is 12.1. The molecule has 0 aromatic carbocycles. The van der Waals surface area contributed by atoms with Crippen molar-refractivity contribution in [3.05, 3.63) is 23.5 Å². The first-order valence-electron chi connectivity index (χ1n) is 8.87. The van der Waals surface area contributed by atoms with Gasteiger partial charge in [0.05, 0.1) is 41.0 Å². The number of carbonyl (C=O) groups excluding carboxylic acids is 2. The third-order valence-electron chi connectivity index (χ3n) is 6.46. The van der Waals surface area contributed by atoms with Crippen molar-refractivity contribution in [1.29, 1.82) is 0 Å². The van der Waals surface area contributed by atoms with Gasteiger partial charge < -0.3 is 15.0 Å². The number of likely N-dealkylation sites (tertiary alicyclic amines) is 1. The average Bonchev–Trinajstić information content (AvgIpc) is 3.06. The molecule has 1 N–H and O–H groups in total. The van der Waals surface area contributed by atoms with Crippen LogP contribution in [0.25, 0.3) is 0 Å². The van der Waals surface area contributed by atoms with Gasteiger partial charge in [0.15, 0.2) is 0 Å². The highest BCUT2D eigenvalue weighted by Gasteiger charge is 2.63. The average molecular weight is 362 g/mol. The molecule has 5 fully saturated rings. The van der Waals surface area contributed by atoms with Gasteiger partial charge in [0, 0.05) is 25.2 Å². The maximum absolute atomic E-state index is 12.8. The van der Waals surface area contributed by atoms with E-state index < -0.39 is 0 Å². The molecule has 132 valence electrons.